The van der Waals surface area contributed by atoms with Crippen molar-refractivity contribution >= 4 is 5.69 Å². The summed E-state index contributed by atoms with van der Waals surface area (Å²) in [4.78, 5) is 5.41. The van der Waals surface area contributed by atoms with Gasteiger partial charge >= 0.3 is 0 Å². The summed E-state index contributed by atoms with van der Waals surface area (Å²) in [6.45, 7) is 2.62. The Morgan fingerprint density at radius 1 is 1.00 bits per heavy atom. The van der Waals surface area contributed by atoms with Gasteiger partial charge in [0.15, 0.2) is 0 Å². The van der Waals surface area contributed by atoms with E-state index in [0.29, 0.717) is 6.61 Å². The van der Waals surface area contributed by atoms with Crippen molar-refractivity contribution in [2.75, 3.05) is 5.48 Å². The molecule has 16 heavy (non-hydrogen) atoms. The second-order valence-electron chi connectivity index (χ2n) is 3.75. The van der Waals surface area contributed by atoms with E-state index in [1.165, 1.54) is 5.56 Å². The van der Waals surface area contributed by atoms with Crippen LogP contribution in [0.1, 0.15) is 11.1 Å². The summed E-state index contributed by atoms with van der Waals surface area (Å²) in [5, 5.41) is 0. The zero-order valence-electron chi connectivity index (χ0n) is 9.31. The monoisotopic (exact) mass is 213 g/mol. The molecule has 2 heteroatoms. The first kappa shape index (κ1) is 10.7. The molecule has 0 heterocycles. The lowest BCUT2D eigenvalue weighted by molar-refractivity contribution is 0.180. The summed E-state index contributed by atoms with van der Waals surface area (Å²) in [7, 11) is 0. The number of aryl methyl sites for hydroxylation is 1. The fourth-order valence-corrected chi connectivity index (χ4v) is 1.49. The topological polar surface area (TPSA) is 21.3 Å². The van der Waals surface area contributed by atoms with Gasteiger partial charge in [0.2, 0.25) is 0 Å². The Morgan fingerprint density at radius 3 is 2.56 bits per heavy atom. The quantitative estimate of drug-likeness (QED) is 0.784. The molecule has 0 aliphatic heterocycles. The van der Waals surface area contributed by atoms with Crippen LogP contribution in [0.25, 0.3) is 0 Å². The molecule has 2 aromatic carbocycles. The lowest BCUT2D eigenvalue weighted by Gasteiger charge is -2.07. The molecule has 2 nitrogen and oxygen atoms in total. The summed E-state index contributed by atoms with van der Waals surface area (Å²) in [5.41, 5.74) is 6.29. The Balaban J connectivity index is 1.85. The van der Waals surface area contributed by atoms with Gasteiger partial charge in [-0.2, -0.15) is 0 Å². The highest BCUT2D eigenvalue weighted by atomic mass is 16.6. The predicted octanol–water partition coefficient (Wildman–Crippen LogP) is 3.54. The minimum absolute atomic E-state index is 0.564. The molecule has 0 atom stereocenters. The van der Waals surface area contributed by atoms with Gasteiger partial charge in [-0.05, 0) is 30.2 Å². The van der Waals surface area contributed by atoms with E-state index in [4.69, 9.17) is 4.84 Å². The molecule has 0 amide bonds. The van der Waals surface area contributed by atoms with Gasteiger partial charge in [-0.25, -0.2) is 0 Å². The van der Waals surface area contributed by atoms with Crippen LogP contribution in [0.3, 0.4) is 0 Å². The highest BCUT2D eigenvalue weighted by Gasteiger charge is 1.93. The zero-order valence-corrected chi connectivity index (χ0v) is 9.31. The maximum Gasteiger partial charge on any atom is 0.0996 e. The average molecular weight is 213 g/mol. The summed E-state index contributed by atoms with van der Waals surface area (Å²) in [6.07, 6.45) is 0. The van der Waals surface area contributed by atoms with Crippen LogP contribution >= 0.6 is 0 Å². The van der Waals surface area contributed by atoms with E-state index in [1.807, 2.05) is 48.5 Å². The van der Waals surface area contributed by atoms with Crippen LogP contribution < -0.4 is 5.48 Å². The van der Waals surface area contributed by atoms with Crippen LogP contribution in [-0.2, 0) is 11.4 Å². The van der Waals surface area contributed by atoms with Gasteiger partial charge in [0.05, 0.1) is 12.3 Å². The van der Waals surface area contributed by atoms with Gasteiger partial charge in [-0.15, -0.1) is 0 Å². The minimum Gasteiger partial charge on any atom is -0.271 e. The molecule has 2 rings (SSSR count). The average Bonchev–Trinajstić information content (AvgIpc) is 2.30. The van der Waals surface area contributed by atoms with E-state index in [9.17, 15) is 0 Å². The van der Waals surface area contributed by atoms with Crippen LogP contribution in [-0.4, -0.2) is 0 Å². The van der Waals surface area contributed by atoms with Gasteiger partial charge < -0.3 is 0 Å². The van der Waals surface area contributed by atoms with Crippen molar-refractivity contribution in [3.05, 3.63) is 65.7 Å². The number of benzene rings is 2. The lowest BCUT2D eigenvalue weighted by atomic mass is 10.2. The Morgan fingerprint density at radius 2 is 1.81 bits per heavy atom. The molecule has 0 saturated carbocycles. The first-order chi connectivity index (χ1) is 7.84. The van der Waals surface area contributed by atoms with E-state index >= 15 is 0 Å². The number of rotatable bonds is 4. The third-order valence-corrected chi connectivity index (χ3v) is 2.29. The highest BCUT2D eigenvalue weighted by molar-refractivity contribution is 5.43. The summed E-state index contributed by atoms with van der Waals surface area (Å²) in [5.74, 6) is 0. The molecule has 0 unspecified atom stereocenters. The molecule has 82 valence electrons. The van der Waals surface area contributed by atoms with Gasteiger partial charge in [-0.1, -0.05) is 42.5 Å². The molecule has 1 N–H and O–H groups in total. The largest absolute Gasteiger partial charge is 0.271 e. The number of hydrogen-bond donors (Lipinski definition) is 1. The molecule has 0 aromatic heterocycles. The van der Waals surface area contributed by atoms with Crippen molar-refractivity contribution in [3.8, 4) is 0 Å². The first-order valence-corrected chi connectivity index (χ1v) is 5.33. The maximum absolute atomic E-state index is 5.41. The van der Waals surface area contributed by atoms with Crippen molar-refractivity contribution in [2.24, 2.45) is 0 Å². The second-order valence-corrected chi connectivity index (χ2v) is 3.75. The zero-order chi connectivity index (χ0) is 11.2. The van der Waals surface area contributed by atoms with Gasteiger partial charge in [0.1, 0.15) is 0 Å². The highest BCUT2D eigenvalue weighted by Crippen LogP contribution is 2.10. The van der Waals surface area contributed by atoms with Gasteiger partial charge in [0, 0.05) is 0 Å². The summed E-state index contributed by atoms with van der Waals surface area (Å²) >= 11 is 0. The number of anilines is 1. The molecule has 0 aliphatic carbocycles. The smallest absolute Gasteiger partial charge is 0.0996 e. The van der Waals surface area contributed by atoms with E-state index in [2.05, 4.69) is 18.5 Å². The van der Waals surface area contributed by atoms with E-state index in [-0.39, 0.29) is 0 Å². The summed E-state index contributed by atoms with van der Waals surface area (Å²) in [6, 6.07) is 18.2. The third kappa shape index (κ3) is 3.11. The predicted molar refractivity (Wildman–Crippen MR) is 66.0 cm³/mol. The Kier molecular flexibility index (Phi) is 3.57. The molecular weight excluding hydrogens is 198 g/mol. The SMILES string of the molecule is Cc1cccc(NOCc2ccccc2)c1. The van der Waals surface area contributed by atoms with E-state index < -0.39 is 0 Å². The van der Waals surface area contributed by atoms with Gasteiger partial charge in [-0.3, -0.25) is 10.3 Å². The van der Waals surface area contributed by atoms with E-state index in [0.717, 1.165) is 11.3 Å². The number of nitrogens with one attached hydrogen (secondary N) is 1. The van der Waals surface area contributed by atoms with Crippen molar-refractivity contribution in [1.29, 1.82) is 0 Å². The molecule has 0 saturated heterocycles. The second kappa shape index (κ2) is 5.33. The minimum atomic E-state index is 0.564. The van der Waals surface area contributed by atoms with Crippen LogP contribution in [0.5, 0.6) is 0 Å². The third-order valence-electron chi connectivity index (χ3n) is 2.29. The number of hydrogen-bond acceptors (Lipinski definition) is 2. The van der Waals surface area contributed by atoms with Gasteiger partial charge in [0.25, 0.3) is 0 Å². The Bertz CT molecular complexity index is 439. The van der Waals surface area contributed by atoms with E-state index in [1.54, 1.807) is 0 Å². The van der Waals surface area contributed by atoms with Crippen LogP contribution in [0.15, 0.2) is 54.6 Å². The van der Waals surface area contributed by atoms with Crippen LogP contribution in [0.4, 0.5) is 5.69 Å². The van der Waals surface area contributed by atoms with Crippen molar-refractivity contribution in [2.45, 2.75) is 13.5 Å². The van der Waals surface area contributed by atoms with Crippen molar-refractivity contribution in [3.63, 3.8) is 0 Å². The molecular formula is C14H15NO. The Labute approximate surface area is 95.8 Å². The fraction of sp³-hybridized carbons (Fsp3) is 0.143. The first-order valence-electron chi connectivity index (χ1n) is 5.33. The van der Waals surface area contributed by atoms with Crippen molar-refractivity contribution < 1.29 is 4.84 Å². The molecule has 0 radical (unpaired) electrons. The molecule has 0 aliphatic rings. The fourth-order valence-electron chi connectivity index (χ4n) is 1.49. The molecule has 0 spiro atoms. The Hall–Kier alpha value is -1.80. The normalized spacial score (nSPS) is 10.1. The molecule has 0 fully saturated rings. The maximum atomic E-state index is 5.41. The van der Waals surface area contributed by atoms with Crippen molar-refractivity contribution in [1.82, 2.24) is 0 Å². The molecule has 0 bridgehead atoms. The van der Waals surface area contributed by atoms with Crippen LogP contribution in [0.2, 0.25) is 0 Å². The molecule has 2 aromatic rings. The van der Waals surface area contributed by atoms with Crippen LogP contribution in [0, 0.1) is 6.92 Å². The lowest BCUT2D eigenvalue weighted by Crippen LogP contribution is -2.01. The summed E-state index contributed by atoms with van der Waals surface area (Å²) < 4.78 is 0. The standard InChI is InChI=1S/C14H15NO/c1-12-6-5-9-14(10-12)15-16-11-13-7-3-2-4-8-13/h2-10,15H,11H2,1H3.